The van der Waals surface area contributed by atoms with Crippen molar-refractivity contribution in [1.29, 1.82) is 0 Å². The molecule has 0 aromatic heterocycles. The quantitative estimate of drug-likeness (QED) is 0.814. The summed E-state index contributed by atoms with van der Waals surface area (Å²) in [6, 6.07) is 6.86. The average molecular weight is 262 g/mol. The van der Waals surface area contributed by atoms with Crippen LogP contribution in [0.25, 0.3) is 0 Å². The molecular formula is C17H30N2. The van der Waals surface area contributed by atoms with Gasteiger partial charge in [-0.2, -0.15) is 0 Å². The monoisotopic (exact) mass is 262 g/mol. The molecular weight excluding hydrogens is 232 g/mol. The van der Waals surface area contributed by atoms with E-state index in [4.69, 9.17) is 5.73 Å². The van der Waals surface area contributed by atoms with Gasteiger partial charge in [0, 0.05) is 13.1 Å². The topological polar surface area (TPSA) is 29.3 Å². The number of nitrogens with two attached hydrogens (primary N) is 1. The van der Waals surface area contributed by atoms with Crippen molar-refractivity contribution in [3.63, 3.8) is 0 Å². The van der Waals surface area contributed by atoms with Crippen LogP contribution in [0, 0.1) is 12.8 Å². The Balaban J connectivity index is 2.72. The van der Waals surface area contributed by atoms with Crippen LogP contribution in [0.5, 0.6) is 0 Å². The Morgan fingerprint density at radius 3 is 2.47 bits per heavy atom. The minimum atomic E-state index is 0.595. The van der Waals surface area contributed by atoms with Crippen LogP contribution < -0.4 is 5.73 Å². The molecule has 0 bridgehead atoms. The van der Waals surface area contributed by atoms with Gasteiger partial charge in [0.25, 0.3) is 0 Å². The fourth-order valence-electron chi connectivity index (χ4n) is 2.39. The van der Waals surface area contributed by atoms with Gasteiger partial charge in [-0.05, 0) is 49.0 Å². The molecule has 1 aromatic rings. The van der Waals surface area contributed by atoms with Gasteiger partial charge >= 0.3 is 0 Å². The van der Waals surface area contributed by atoms with Gasteiger partial charge in [-0.15, -0.1) is 0 Å². The van der Waals surface area contributed by atoms with Crippen molar-refractivity contribution in [2.45, 2.75) is 46.6 Å². The molecule has 0 saturated carbocycles. The lowest BCUT2D eigenvalue weighted by Gasteiger charge is -2.23. The second-order valence-corrected chi connectivity index (χ2v) is 6.05. The van der Waals surface area contributed by atoms with E-state index in [-0.39, 0.29) is 0 Å². The summed E-state index contributed by atoms with van der Waals surface area (Å²) >= 11 is 0. The standard InChI is InChI=1S/C17H30N2/c1-6-15(10-18)11-19(5)12-17-9-16(13(2)3)8-7-14(17)4/h7-9,13,15H,6,10-12,18H2,1-5H3. The van der Waals surface area contributed by atoms with Gasteiger partial charge in [0.1, 0.15) is 0 Å². The molecule has 0 spiro atoms. The molecule has 0 radical (unpaired) electrons. The molecule has 0 aliphatic heterocycles. The average Bonchev–Trinajstić information content (AvgIpc) is 2.38. The van der Waals surface area contributed by atoms with Crippen LogP contribution in [-0.2, 0) is 6.54 Å². The van der Waals surface area contributed by atoms with E-state index in [1.807, 2.05) is 0 Å². The fraction of sp³-hybridized carbons (Fsp3) is 0.647. The Morgan fingerprint density at radius 1 is 1.26 bits per heavy atom. The van der Waals surface area contributed by atoms with Gasteiger partial charge in [-0.3, -0.25) is 0 Å². The molecule has 1 atom stereocenters. The van der Waals surface area contributed by atoms with Gasteiger partial charge in [0.05, 0.1) is 0 Å². The molecule has 1 unspecified atom stereocenters. The molecule has 1 aromatic carbocycles. The highest BCUT2D eigenvalue weighted by atomic mass is 15.1. The third-order valence-corrected chi connectivity index (χ3v) is 3.96. The lowest BCUT2D eigenvalue weighted by Crippen LogP contribution is -2.29. The van der Waals surface area contributed by atoms with Crippen molar-refractivity contribution in [1.82, 2.24) is 4.90 Å². The van der Waals surface area contributed by atoms with Crippen LogP contribution in [-0.4, -0.2) is 25.0 Å². The van der Waals surface area contributed by atoms with Crippen LogP contribution in [0.3, 0.4) is 0 Å². The molecule has 19 heavy (non-hydrogen) atoms. The van der Waals surface area contributed by atoms with Gasteiger partial charge in [-0.25, -0.2) is 0 Å². The lowest BCUT2D eigenvalue weighted by molar-refractivity contribution is 0.267. The second-order valence-electron chi connectivity index (χ2n) is 6.05. The molecule has 0 saturated heterocycles. The smallest absolute Gasteiger partial charge is 0.0233 e. The first-order valence-corrected chi connectivity index (χ1v) is 7.45. The Kier molecular flexibility index (Phi) is 6.53. The summed E-state index contributed by atoms with van der Waals surface area (Å²) in [6.07, 6.45) is 1.16. The van der Waals surface area contributed by atoms with Crippen LogP contribution in [0.15, 0.2) is 18.2 Å². The number of benzene rings is 1. The zero-order valence-electron chi connectivity index (χ0n) is 13.2. The zero-order valence-corrected chi connectivity index (χ0v) is 13.2. The van der Waals surface area contributed by atoms with E-state index < -0.39 is 0 Å². The maximum atomic E-state index is 5.79. The maximum Gasteiger partial charge on any atom is 0.0233 e. The SMILES string of the molecule is CCC(CN)CN(C)Cc1cc(C(C)C)ccc1C. The van der Waals surface area contributed by atoms with E-state index >= 15 is 0 Å². The van der Waals surface area contributed by atoms with E-state index in [1.54, 1.807) is 0 Å². The van der Waals surface area contributed by atoms with E-state index in [1.165, 1.54) is 16.7 Å². The van der Waals surface area contributed by atoms with Gasteiger partial charge in [-0.1, -0.05) is 45.4 Å². The molecule has 0 aliphatic rings. The number of hydrogen-bond acceptors (Lipinski definition) is 2. The van der Waals surface area contributed by atoms with Crippen LogP contribution in [0.2, 0.25) is 0 Å². The summed E-state index contributed by atoms with van der Waals surface area (Å²) < 4.78 is 0. The van der Waals surface area contributed by atoms with E-state index in [0.29, 0.717) is 11.8 Å². The molecule has 0 fully saturated rings. The first-order chi connectivity index (χ1) is 8.97. The first kappa shape index (κ1) is 16.2. The van der Waals surface area contributed by atoms with Gasteiger partial charge in [0.15, 0.2) is 0 Å². The number of aryl methyl sites for hydroxylation is 1. The van der Waals surface area contributed by atoms with E-state index in [2.05, 4.69) is 57.8 Å². The van der Waals surface area contributed by atoms with Gasteiger partial charge in [0.2, 0.25) is 0 Å². The predicted octanol–water partition coefficient (Wildman–Crippen LogP) is 3.54. The van der Waals surface area contributed by atoms with Crippen LogP contribution >= 0.6 is 0 Å². The predicted molar refractivity (Wildman–Crippen MR) is 84.4 cm³/mol. The van der Waals surface area contributed by atoms with Crippen molar-refractivity contribution in [3.8, 4) is 0 Å². The number of nitrogens with zero attached hydrogens (tertiary/aromatic N) is 1. The molecule has 108 valence electrons. The Hall–Kier alpha value is -0.860. The molecule has 2 N–H and O–H groups in total. The van der Waals surface area contributed by atoms with Gasteiger partial charge < -0.3 is 10.6 Å². The zero-order chi connectivity index (χ0) is 14.4. The highest BCUT2D eigenvalue weighted by Crippen LogP contribution is 2.20. The van der Waals surface area contributed by atoms with E-state index in [9.17, 15) is 0 Å². The van der Waals surface area contributed by atoms with Crippen molar-refractivity contribution in [2.24, 2.45) is 11.7 Å². The second kappa shape index (κ2) is 7.66. The number of hydrogen-bond donors (Lipinski definition) is 1. The highest BCUT2D eigenvalue weighted by molar-refractivity contribution is 5.32. The van der Waals surface area contributed by atoms with Crippen molar-refractivity contribution in [2.75, 3.05) is 20.1 Å². The summed E-state index contributed by atoms with van der Waals surface area (Å²) in [7, 11) is 2.19. The molecule has 2 heteroatoms. The van der Waals surface area contributed by atoms with Crippen molar-refractivity contribution in [3.05, 3.63) is 34.9 Å². The highest BCUT2D eigenvalue weighted by Gasteiger charge is 2.10. The first-order valence-electron chi connectivity index (χ1n) is 7.45. The van der Waals surface area contributed by atoms with Crippen molar-refractivity contribution < 1.29 is 0 Å². The minimum Gasteiger partial charge on any atom is -0.330 e. The summed E-state index contributed by atoms with van der Waals surface area (Å²) in [5.41, 5.74) is 10.1. The molecule has 0 amide bonds. The molecule has 0 aliphatic carbocycles. The number of rotatable bonds is 7. The normalized spacial score (nSPS) is 13.3. The van der Waals surface area contributed by atoms with E-state index in [0.717, 1.165) is 26.1 Å². The molecule has 2 nitrogen and oxygen atoms in total. The summed E-state index contributed by atoms with van der Waals surface area (Å²) in [4.78, 5) is 2.40. The summed E-state index contributed by atoms with van der Waals surface area (Å²) in [5.74, 6) is 1.20. The van der Waals surface area contributed by atoms with Crippen LogP contribution in [0.1, 0.15) is 49.8 Å². The summed E-state index contributed by atoms with van der Waals surface area (Å²) in [5, 5.41) is 0. The third-order valence-electron chi connectivity index (χ3n) is 3.96. The summed E-state index contributed by atoms with van der Waals surface area (Å²) in [6.45, 7) is 11.8. The largest absolute Gasteiger partial charge is 0.330 e. The Bertz CT molecular complexity index is 381. The Morgan fingerprint density at radius 2 is 1.95 bits per heavy atom. The van der Waals surface area contributed by atoms with Crippen molar-refractivity contribution >= 4 is 0 Å². The lowest BCUT2D eigenvalue weighted by atomic mass is 9.97. The fourth-order valence-corrected chi connectivity index (χ4v) is 2.39. The van der Waals surface area contributed by atoms with Crippen LogP contribution in [0.4, 0.5) is 0 Å². The molecule has 1 rings (SSSR count). The Labute approximate surface area is 119 Å². The molecule has 0 heterocycles. The minimum absolute atomic E-state index is 0.595. The third kappa shape index (κ3) is 4.96. The maximum absolute atomic E-state index is 5.79.